The Morgan fingerprint density at radius 3 is 0.729 bits per heavy atom. The predicted octanol–water partition coefficient (Wildman–Crippen LogP) is 12.7. The van der Waals surface area contributed by atoms with E-state index in [1.165, 1.54) is 134 Å². The van der Waals surface area contributed by atoms with Crippen molar-refractivity contribution in [2.75, 3.05) is 19.8 Å². The third-order valence-corrected chi connectivity index (χ3v) is 9.08. The molecular formula is C42H72O6. The normalized spacial score (nSPS) is 11.1. The van der Waals surface area contributed by atoms with Crippen LogP contribution in [0.1, 0.15) is 225 Å². The van der Waals surface area contributed by atoms with Gasteiger partial charge in [0.15, 0.2) is 0 Å². The van der Waals surface area contributed by atoms with Gasteiger partial charge in [-0.1, -0.05) is 175 Å². The van der Waals surface area contributed by atoms with Crippen LogP contribution in [0, 0.1) is 0 Å². The molecule has 0 N–H and O–H groups in total. The van der Waals surface area contributed by atoms with Crippen molar-refractivity contribution < 1.29 is 28.6 Å². The molecule has 0 saturated heterocycles. The second-order valence-electron chi connectivity index (χ2n) is 13.7. The topological polar surface area (TPSA) is 78.9 Å². The second kappa shape index (κ2) is 31.9. The number of rotatable bonds is 33. The molecule has 0 amide bonds. The van der Waals surface area contributed by atoms with Crippen molar-refractivity contribution in [3.8, 4) is 0 Å². The van der Waals surface area contributed by atoms with Crippen LogP contribution >= 0.6 is 0 Å². The zero-order chi connectivity index (χ0) is 34.9. The molecule has 1 aromatic carbocycles. The molecule has 0 saturated carbocycles. The molecule has 48 heavy (non-hydrogen) atoms. The summed E-state index contributed by atoms with van der Waals surface area (Å²) in [5.74, 6) is -1.59. The van der Waals surface area contributed by atoms with E-state index >= 15 is 0 Å². The minimum Gasteiger partial charge on any atom is -0.462 e. The van der Waals surface area contributed by atoms with E-state index in [0.717, 1.165) is 57.8 Å². The monoisotopic (exact) mass is 673 g/mol. The first-order chi connectivity index (χ1) is 23.5. The van der Waals surface area contributed by atoms with Crippen molar-refractivity contribution in [3.63, 3.8) is 0 Å². The van der Waals surface area contributed by atoms with Crippen molar-refractivity contribution in [2.45, 2.75) is 194 Å². The standard InChI is InChI=1S/C42H72O6/c1-4-7-10-13-16-19-22-25-28-31-46-40(43)37-34-38(41(44)47-32-29-26-23-20-17-14-11-8-5-2)36-39(35-37)42(45)48-33-30-27-24-21-18-15-12-9-6-3/h34-36H,4-33H2,1-3H3. The van der Waals surface area contributed by atoms with Crippen molar-refractivity contribution in [2.24, 2.45) is 0 Å². The van der Waals surface area contributed by atoms with E-state index in [2.05, 4.69) is 20.8 Å². The highest BCUT2D eigenvalue weighted by atomic mass is 16.5. The SMILES string of the molecule is CCCCCCCCCCCOC(=O)c1cc(C(=O)OCCCCCCCCCCC)cc(C(=O)OCCCCCCCCCCC)c1. The Bertz CT molecular complexity index is 811. The lowest BCUT2D eigenvalue weighted by Crippen LogP contribution is -2.14. The number of carbonyl (C=O) groups is 3. The van der Waals surface area contributed by atoms with Gasteiger partial charge in [-0.25, -0.2) is 14.4 Å². The Labute approximate surface area is 294 Å². The summed E-state index contributed by atoms with van der Waals surface area (Å²) in [4.78, 5) is 39.0. The summed E-state index contributed by atoms with van der Waals surface area (Å²) in [7, 11) is 0. The van der Waals surface area contributed by atoms with Crippen LogP contribution < -0.4 is 0 Å². The fourth-order valence-electron chi connectivity index (χ4n) is 5.96. The predicted molar refractivity (Wildman–Crippen MR) is 199 cm³/mol. The van der Waals surface area contributed by atoms with Crippen LogP contribution in [0.15, 0.2) is 18.2 Å². The van der Waals surface area contributed by atoms with Crippen molar-refractivity contribution in [1.29, 1.82) is 0 Å². The van der Waals surface area contributed by atoms with Crippen LogP contribution in [0.2, 0.25) is 0 Å². The Morgan fingerprint density at radius 2 is 0.521 bits per heavy atom. The summed E-state index contributed by atoms with van der Waals surface area (Å²) in [5, 5.41) is 0. The van der Waals surface area contributed by atoms with E-state index in [9.17, 15) is 14.4 Å². The number of carbonyl (C=O) groups excluding carboxylic acids is 3. The maximum atomic E-state index is 13.0. The molecule has 0 fully saturated rings. The zero-order valence-electron chi connectivity index (χ0n) is 31.4. The number of hydrogen-bond donors (Lipinski definition) is 0. The first-order valence-electron chi connectivity index (χ1n) is 20.2. The van der Waals surface area contributed by atoms with Gasteiger partial charge in [0.1, 0.15) is 0 Å². The Hall–Kier alpha value is -2.37. The molecule has 0 aliphatic rings. The van der Waals surface area contributed by atoms with Gasteiger partial charge >= 0.3 is 17.9 Å². The smallest absolute Gasteiger partial charge is 0.338 e. The first kappa shape index (κ1) is 43.7. The Kier molecular flexibility index (Phi) is 29.0. The van der Waals surface area contributed by atoms with E-state index in [0.29, 0.717) is 19.8 Å². The molecule has 0 aliphatic carbocycles. The van der Waals surface area contributed by atoms with Gasteiger partial charge in [0.25, 0.3) is 0 Å². The lowest BCUT2D eigenvalue weighted by molar-refractivity contribution is 0.0494. The molecule has 1 aromatic rings. The van der Waals surface area contributed by atoms with Gasteiger partial charge in [0.2, 0.25) is 0 Å². The van der Waals surface area contributed by atoms with Gasteiger partial charge in [-0.15, -0.1) is 0 Å². The van der Waals surface area contributed by atoms with Crippen LogP contribution in [0.3, 0.4) is 0 Å². The van der Waals surface area contributed by atoms with E-state index in [1.54, 1.807) is 0 Å². The number of benzene rings is 1. The number of unbranched alkanes of at least 4 members (excludes halogenated alkanes) is 24. The maximum absolute atomic E-state index is 13.0. The van der Waals surface area contributed by atoms with Gasteiger partial charge in [-0.2, -0.15) is 0 Å². The molecule has 0 bridgehead atoms. The fourth-order valence-corrected chi connectivity index (χ4v) is 5.96. The maximum Gasteiger partial charge on any atom is 0.338 e. The van der Waals surface area contributed by atoms with Crippen molar-refractivity contribution in [3.05, 3.63) is 34.9 Å². The van der Waals surface area contributed by atoms with E-state index in [1.807, 2.05) is 0 Å². The van der Waals surface area contributed by atoms with Gasteiger partial charge < -0.3 is 14.2 Å². The third-order valence-electron chi connectivity index (χ3n) is 9.08. The molecule has 1 rings (SSSR count). The molecule has 0 heterocycles. The molecule has 0 radical (unpaired) electrons. The fraction of sp³-hybridized carbons (Fsp3) is 0.786. The average molecular weight is 673 g/mol. The first-order valence-corrected chi connectivity index (χ1v) is 20.2. The Morgan fingerprint density at radius 1 is 0.333 bits per heavy atom. The van der Waals surface area contributed by atoms with E-state index in [4.69, 9.17) is 14.2 Å². The molecule has 0 aliphatic heterocycles. The Balaban J connectivity index is 2.60. The van der Waals surface area contributed by atoms with Gasteiger partial charge in [0, 0.05) is 0 Å². The average Bonchev–Trinajstić information content (AvgIpc) is 3.10. The van der Waals surface area contributed by atoms with Crippen LogP contribution in [0.4, 0.5) is 0 Å². The van der Waals surface area contributed by atoms with Crippen LogP contribution in [-0.2, 0) is 14.2 Å². The molecule has 0 unspecified atom stereocenters. The zero-order valence-corrected chi connectivity index (χ0v) is 31.4. The third kappa shape index (κ3) is 23.9. The summed E-state index contributed by atoms with van der Waals surface area (Å²) in [6.45, 7) is 7.65. The highest BCUT2D eigenvalue weighted by Gasteiger charge is 2.19. The van der Waals surface area contributed by atoms with Crippen LogP contribution in [-0.4, -0.2) is 37.7 Å². The molecule has 0 aromatic heterocycles. The number of hydrogen-bond acceptors (Lipinski definition) is 6. The molecule has 6 nitrogen and oxygen atoms in total. The highest BCUT2D eigenvalue weighted by Crippen LogP contribution is 2.17. The minimum atomic E-state index is -0.531. The quantitative estimate of drug-likeness (QED) is 0.0420. The van der Waals surface area contributed by atoms with Gasteiger partial charge in [-0.3, -0.25) is 0 Å². The van der Waals surface area contributed by atoms with Crippen molar-refractivity contribution >= 4 is 17.9 Å². The van der Waals surface area contributed by atoms with E-state index in [-0.39, 0.29) is 16.7 Å². The lowest BCUT2D eigenvalue weighted by Gasteiger charge is -2.11. The van der Waals surface area contributed by atoms with Crippen LogP contribution in [0.25, 0.3) is 0 Å². The van der Waals surface area contributed by atoms with Gasteiger partial charge in [0.05, 0.1) is 36.5 Å². The second-order valence-corrected chi connectivity index (χ2v) is 13.7. The molecule has 276 valence electrons. The summed E-state index contributed by atoms with van der Waals surface area (Å²) in [6, 6.07) is 4.44. The summed E-state index contributed by atoms with van der Waals surface area (Å²) >= 11 is 0. The molecule has 0 spiro atoms. The molecule has 6 heteroatoms. The lowest BCUT2D eigenvalue weighted by atomic mass is 10.1. The minimum absolute atomic E-state index is 0.179. The molecular weight excluding hydrogens is 600 g/mol. The largest absolute Gasteiger partial charge is 0.462 e. The number of esters is 3. The number of ether oxygens (including phenoxy) is 3. The van der Waals surface area contributed by atoms with E-state index < -0.39 is 17.9 Å². The molecule has 0 atom stereocenters. The van der Waals surface area contributed by atoms with Crippen LogP contribution in [0.5, 0.6) is 0 Å². The summed E-state index contributed by atoms with van der Waals surface area (Å²) in [5.41, 5.74) is 0.537. The summed E-state index contributed by atoms with van der Waals surface area (Å²) < 4.78 is 16.6. The van der Waals surface area contributed by atoms with Crippen molar-refractivity contribution in [1.82, 2.24) is 0 Å². The van der Waals surface area contributed by atoms with Gasteiger partial charge in [-0.05, 0) is 37.5 Å². The highest BCUT2D eigenvalue weighted by molar-refractivity contribution is 6.00. The summed E-state index contributed by atoms with van der Waals surface area (Å²) in [6.07, 6.45) is 31.8.